The number of benzene rings is 1. The molecule has 3 rings (SSSR count). The molecule has 0 unspecified atom stereocenters. The number of hydrogen-bond donors (Lipinski definition) is 2. The predicted molar refractivity (Wildman–Crippen MR) is 71.6 cm³/mol. The first-order valence-electron chi connectivity index (χ1n) is 5.86. The number of rotatable bonds is 2. The molecule has 2 aromatic heterocycles. The first-order chi connectivity index (χ1) is 9.66. The standard InChI is InChI=1S/C14H10F2N4/c15-9-3-1-8(2-4-9)12-13(19-20-14(12)17)10-5-6-18-7-11(10)16/h1-7H,(H3,17,19,20). The van der Waals surface area contributed by atoms with Gasteiger partial charge >= 0.3 is 0 Å². The highest BCUT2D eigenvalue weighted by atomic mass is 19.1. The third-order valence-electron chi connectivity index (χ3n) is 2.97. The zero-order valence-corrected chi connectivity index (χ0v) is 10.3. The fraction of sp³-hybridized carbons (Fsp3) is 0. The summed E-state index contributed by atoms with van der Waals surface area (Å²) >= 11 is 0. The van der Waals surface area contributed by atoms with Crippen LogP contribution >= 0.6 is 0 Å². The molecule has 3 N–H and O–H groups in total. The molecule has 100 valence electrons. The van der Waals surface area contributed by atoms with Gasteiger partial charge in [-0.2, -0.15) is 5.10 Å². The predicted octanol–water partition coefficient (Wildman–Crippen LogP) is 3.00. The van der Waals surface area contributed by atoms with Crippen LogP contribution in [-0.4, -0.2) is 15.2 Å². The van der Waals surface area contributed by atoms with Crippen molar-refractivity contribution in [2.24, 2.45) is 0 Å². The zero-order valence-electron chi connectivity index (χ0n) is 10.3. The lowest BCUT2D eigenvalue weighted by atomic mass is 10.0. The van der Waals surface area contributed by atoms with Crippen molar-refractivity contribution in [2.75, 3.05) is 5.73 Å². The second-order valence-corrected chi connectivity index (χ2v) is 4.22. The monoisotopic (exact) mass is 272 g/mol. The van der Waals surface area contributed by atoms with Crippen LogP contribution in [0, 0.1) is 11.6 Å². The second kappa shape index (κ2) is 4.73. The highest BCUT2D eigenvalue weighted by Gasteiger charge is 2.17. The average Bonchev–Trinajstić information content (AvgIpc) is 2.82. The number of aromatic nitrogens is 3. The van der Waals surface area contributed by atoms with Crippen molar-refractivity contribution in [1.29, 1.82) is 0 Å². The van der Waals surface area contributed by atoms with E-state index in [0.717, 1.165) is 6.20 Å². The number of hydrogen-bond acceptors (Lipinski definition) is 3. The Kier molecular flexibility index (Phi) is 2.90. The Morgan fingerprint density at radius 2 is 1.80 bits per heavy atom. The summed E-state index contributed by atoms with van der Waals surface area (Å²) in [6.07, 6.45) is 2.59. The maximum Gasteiger partial charge on any atom is 0.153 e. The summed E-state index contributed by atoms with van der Waals surface area (Å²) in [4.78, 5) is 3.70. The quantitative estimate of drug-likeness (QED) is 0.753. The minimum absolute atomic E-state index is 0.225. The van der Waals surface area contributed by atoms with E-state index < -0.39 is 5.82 Å². The van der Waals surface area contributed by atoms with Crippen LogP contribution in [0.3, 0.4) is 0 Å². The van der Waals surface area contributed by atoms with E-state index in [1.54, 1.807) is 12.1 Å². The van der Waals surface area contributed by atoms with Gasteiger partial charge < -0.3 is 5.73 Å². The Labute approximate surface area is 113 Å². The molecule has 4 nitrogen and oxygen atoms in total. The molecule has 0 saturated carbocycles. The third-order valence-corrected chi connectivity index (χ3v) is 2.97. The summed E-state index contributed by atoms with van der Waals surface area (Å²) in [7, 11) is 0. The second-order valence-electron chi connectivity index (χ2n) is 4.22. The van der Waals surface area contributed by atoms with E-state index in [9.17, 15) is 8.78 Å². The average molecular weight is 272 g/mol. The number of nitrogen functional groups attached to an aromatic ring is 1. The first-order valence-corrected chi connectivity index (χ1v) is 5.86. The number of H-pyrrole nitrogens is 1. The maximum atomic E-state index is 13.8. The molecule has 0 aliphatic carbocycles. The van der Waals surface area contributed by atoms with Crippen LogP contribution in [0.5, 0.6) is 0 Å². The van der Waals surface area contributed by atoms with Gasteiger partial charge in [0.1, 0.15) is 5.82 Å². The Morgan fingerprint density at radius 1 is 1.05 bits per heavy atom. The maximum absolute atomic E-state index is 13.8. The largest absolute Gasteiger partial charge is 0.382 e. The molecule has 0 fully saturated rings. The summed E-state index contributed by atoms with van der Waals surface area (Å²) in [6, 6.07) is 7.29. The molecular weight excluding hydrogens is 262 g/mol. The lowest BCUT2D eigenvalue weighted by molar-refractivity contribution is 0.624. The summed E-state index contributed by atoms with van der Waals surface area (Å²) in [6.45, 7) is 0. The molecular formula is C14H10F2N4. The highest BCUT2D eigenvalue weighted by Crippen LogP contribution is 2.35. The van der Waals surface area contributed by atoms with Crippen molar-refractivity contribution in [3.63, 3.8) is 0 Å². The van der Waals surface area contributed by atoms with E-state index in [4.69, 9.17) is 5.73 Å². The Balaban J connectivity index is 2.20. The van der Waals surface area contributed by atoms with Crippen LogP contribution in [0.2, 0.25) is 0 Å². The van der Waals surface area contributed by atoms with Gasteiger partial charge in [0.15, 0.2) is 11.6 Å². The van der Waals surface area contributed by atoms with Crippen LogP contribution in [0.4, 0.5) is 14.6 Å². The SMILES string of the molecule is Nc1n[nH]c(-c2ccncc2F)c1-c1ccc(F)cc1. The van der Waals surface area contributed by atoms with Crippen LogP contribution in [0.25, 0.3) is 22.4 Å². The van der Waals surface area contributed by atoms with E-state index in [2.05, 4.69) is 15.2 Å². The third kappa shape index (κ3) is 2.01. The highest BCUT2D eigenvalue weighted by molar-refractivity contribution is 5.87. The molecule has 0 atom stereocenters. The summed E-state index contributed by atoms with van der Waals surface area (Å²) < 4.78 is 26.8. The van der Waals surface area contributed by atoms with Crippen molar-refractivity contribution in [3.8, 4) is 22.4 Å². The number of nitrogens with two attached hydrogens (primary N) is 1. The number of anilines is 1. The minimum atomic E-state index is -0.487. The van der Waals surface area contributed by atoms with Gasteiger partial charge in [0.05, 0.1) is 17.5 Å². The molecule has 0 amide bonds. The van der Waals surface area contributed by atoms with Crippen molar-refractivity contribution >= 4 is 5.82 Å². The van der Waals surface area contributed by atoms with E-state index in [-0.39, 0.29) is 11.6 Å². The number of halogens is 2. The van der Waals surface area contributed by atoms with Crippen LogP contribution in [-0.2, 0) is 0 Å². The lowest BCUT2D eigenvalue weighted by Crippen LogP contribution is -1.91. The van der Waals surface area contributed by atoms with Crippen molar-refractivity contribution in [2.45, 2.75) is 0 Å². The Morgan fingerprint density at radius 3 is 2.50 bits per heavy atom. The molecule has 0 spiro atoms. The summed E-state index contributed by atoms with van der Waals surface area (Å²) in [5, 5.41) is 6.61. The fourth-order valence-corrected chi connectivity index (χ4v) is 2.04. The van der Waals surface area contributed by atoms with Gasteiger partial charge in [-0.05, 0) is 23.8 Å². The molecule has 0 aliphatic heterocycles. The van der Waals surface area contributed by atoms with E-state index in [0.29, 0.717) is 22.4 Å². The smallest absolute Gasteiger partial charge is 0.153 e. The lowest BCUT2D eigenvalue weighted by Gasteiger charge is -2.05. The topological polar surface area (TPSA) is 67.6 Å². The number of aromatic amines is 1. The van der Waals surface area contributed by atoms with Gasteiger partial charge in [0.2, 0.25) is 0 Å². The van der Waals surface area contributed by atoms with Crippen molar-refractivity contribution < 1.29 is 8.78 Å². The van der Waals surface area contributed by atoms with Gasteiger partial charge in [-0.1, -0.05) is 12.1 Å². The van der Waals surface area contributed by atoms with Gasteiger partial charge in [-0.15, -0.1) is 0 Å². The first kappa shape index (κ1) is 12.3. The van der Waals surface area contributed by atoms with E-state index in [1.165, 1.54) is 24.4 Å². The van der Waals surface area contributed by atoms with Gasteiger partial charge in [-0.3, -0.25) is 10.1 Å². The van der Waals surface area contributed by atoms with Crippen molar-refractivity contribution in [1.82, 2.24) is 15.2 Å². The molecule has 1 aromatic carbocycles. The minimum Gasteiger partial charge on any atom is -0.382 e. The summed E-state index contributed by atoms with van der Waals surface area (Å²) in [5.74, 6) is -0.616. The van der Waals surface area contributed by atoms with Gasteiger partial charge in [0.25, 0.3) is 0 Å². The normalized spacial score (nSPS) is 10.7. The zero-order chi connectivity index (χ0) is 14.1. The Bertz CT molecular complexity index is 750. The Hall–Kier alpha value is -2.76. The van der Waals surface area contributed by atoms with Crippen LogP contribution < -0.4 is 5.73 Å². The van der Waals surface area contributed by atoms with Crippen molar-refractivity contribution in [3.05, 3.63) is 54.4 Å². The number of pyridine rings is 1. The van der Waals surface area contributed by atoms with Crippen LogP contribution in [0.1, 0.15) is 0 Å². The van der Waals surface area contributed by atoms with E-state index >= 15 is 0 Å². The molecule has 0 radical (unpaired) electrons. The van der Waals surface area contributed by atoms with Crippen LogP contribution in [0.15, 0.2) is 42.7 Å². The molecule has 3 aromatic rings. The van der Waals surface area contributed by atoms with Gasteiger partial charge in [-0.25, -0.2) is 8.78 Å². The molecule has 0 aliphatic rings. The molecule has 2 heterocycles. The molecule has 0 saturated heterocycles. The number of nitrogens with one attached hydrogen (secondary N) is 1. The van der Waals surface area contributed by atoms with Gasteiger partial charge in [0, 0.05) is 11.8 Å². The number of nitrogens with zero attached hydrogens (tertiary/aromatic N) is 2. The van der Waals surface area contributed by atoms with E-state index in [1.807, 2.05) is 0 Å². The molecule has 20 heavy (non-hydrogen) atoms. The fourth-order valence-electron chi connectivity index (χ4n) is 2.04. The molecule has 0 bridgehead atoms. The molecule has 6 heteroatoms. The summed E-state index contributed by atoms with van der Waals surface area (Å²) in [5.41, 5.74) is 7.77.